The number of primary amides is 1. The lowest BCUT2D eigenvalue weighted by Gasteiger charge is -2.24. The molecule has 4 amide bonds. The summed E-state index contributed by atoms with van der Waals surface area (Å²) in [5.41, 5.74) is 21.1. The number of carboxylic acid groups (broad SMARTS) is 1. The Morgan fingerprint density at radius 2 is 1.48 bits per heavy atom. The van der Waals surface area contributed by atoms with Crippen LogP contribution in [0.3, 0.4) is 0 Å². The summed E-state index contributed by atoms with van der Waals surface area (Å²) >= 11 is 0. The van der Waals surface area contributed by atoms with E-state index < -0.39 is 72.9 Å². The molecule has 0 aromatic carbocycles. The van der Waals surface area contributed by atoms with Crippen LogP contribution in [0.2, 0.25) is 0 Å². The van der Waals surface area contributed by atoms with Gasteiger partial charge in [-0.15, -0.1) is 0 Å². The van der Waals surface area contributed by atoms with Crippen LogP contribution in [0.4, 0.5) is 0 Å². The quantitative estimate of drug-likeness (QED) is 0.0602. The van der Waals surface area contributed by atoms with Crippen molar-refractivity contribution in [3.63, 3.8) is 0 Å². The fourth-order valence-electron chi connectivity index (χ4n) is 2.45. The minimum Gasteiger partial charge on any atom is -0.480 e. The Morgan fingerprint density at radius 1 is 0.939 bits per heavy atom. The Hall–Kier alpha value is -3.50. The zero-order chi connectivity index (χ0) is 25.7. The zero-order valence-electron chi connectivity index (χ0n) is 18.1. The first kappa shape index (κ1) is 29.5. The lowest BCUT2D eigenvalue weighted by Crippen LogP contribution is -2.59. The predicted molar refractivity (Wildman–Crippen MR) is 114 cm³/mol. The molecule has 0 aromatic rings. The third kappa shape index (κ3) is 11.6. The van der Waals surface area contributed by atoms with Crippen LogP contribution in [0.25, 0.3) is 0 Å². The van der Waals surface area contributed by atoms with Gasteiger partial charge in [0.05, 0.1) is 25.2 Å². The number of nitrogens with zero attached hydrogens (tertiary/aromatic N) is 1. The second kappa shape index (κ2) is 14.5. The maximum atomic E-state index is 12.4. The molecule has 0 aliphatic heterocycles. The molecule has 0 spiro atoms. The van der Waals surface area contributed by atoms with Crippen LogP contribution in [-0.4, -0.2) is 94.3 Å². The number of amides is 4. The van der Waals surface area contributed by atoms with Gasteiger partial charge in [-0.2, -0.15) is 0 Å². The highest BCUT2D eigenvalue weighted by atomic mass is 16.4. The van der Waals surface area contributed by atoms with E-state index in [1.165, 1.54) is 0 Å². The van der Waals surface area contributed by atoms with E-state index in [2.05, 4.69) is 15.6 Å². The second-order valence-corrected chi connectivity index (χ2v) is 7.10. The minimum absolute atomic E-state index is 0.122. The number of hydrogen-bond acceptors (Lipinski definition) is 9. The molecule has 5 unspecified atom stereocenters. The molecule has 0 fully saturated rings. The van der Waals surface area contributed by atoms with Gasteiger partial charge < -0.3 is 54.2 Å². The van der Waals surface area contributed by atoms with Crippen molar-refractivity contribution in [3.8, 4) is 0 Å². The molecule has 0 rings (SSSR count). The summed E-state index contributed by atoms with van der Waals surface area (Å²) in [4.78, 5) is 63.2. The number of nitrogens with two attached hydrogens (primary N) is 4. The summed E-state index contributed by atoms with van der Waals surface area (Å²) in [5, 5.41) is 34.3. The second-order valence-electron chi connectivity index (χ2n) is 7.10. The molecule has 33 heavy (non-hydrogen) atoms. The maximum Gasteiger partial charge on any atom is 0.328 e. The van der Waals surface area contributed by atoms with Crippen LogP contribution in [-0.2, 0) is 24.0 Å². The highest BCUT2D eigenvalue weighted by Gasteiger charge is 2.32. The third-order valence-corrected chi connectivity index (χ3v) is 4.20. The lowest BCUT2D eigenvalue weighted by molar-refractivity contribution is -0.145. The van der Waals surface area contributed by atoms with E-state index in [0.29, 0.717) is 6.42 Å². The van der Waals surface area contributed by atoms with Gasteiger partial charge >= 0.3 is 5.97 Å². The normalized spacial score (nSPS) is 15.2. The molecule has 0 bridgehead atoms. The molecule has 16 heteroatoms. The number of aliphatic hydroxyl groups is 2. The van der Waals surface area contributed by atoms with Crippen molar-refractivity contribution in [1.82, 2.24) is 16.0 Å². The molecule has 0 aliphatic carbocycles. The van der Waals surface area contributed by atoms with Crippen LogP contribution in [0.15, 0.2) is 4.99 Å². The van der Waals surface area contributed by atoms with Crippen molar-refractivity contribution >= 4 is 35.6 Å². The Kier molecular flexibility index (Phi) is 13.0. The zero-order valence-corrected chi connectivity index (χ0v) is 18.1. The summed E-state index contributed by atoms with van der Waals surface area (Å²) in [6.45, 7) is 0.453. The van der Waals surface area contributed by atoms with Crippen LogP contribution in [0, 0.1) is 0 Å². The minimum atomic E-state index is -1.73. The SMILES string of the molecule is CC(O)C(NC(=O)C(CC(N)=O)NC(=O)C(CO)NC(=O)C(N)CCCN=C(N)N)C(=O)O. The first-order valence-corrected chi connectivity index (χ1v) is 9.82. The molecule has 0 radical (unpaired) electrons. The molecule has 14 N–H and O–H groups in total. The van der Waals surface area contributed by atoms with Crippen molar-refractivity contribution in [2.45, 2.75) is 56.5 Å². The van der Waals surface area contributed by atoms with Gasteiger partial charge in [-0.3, -0.25) is 24.2 Å². The Morgan fingerprint density at radius 3 is 1.94 bits per heavy atom. The number of nitrogens with one attached hydrogen (secondary N) is 3. The average molecular weight is 476 g/mol. The number of rotatable bonds is 15. The highest BCUT2D eigenvalue weighted by Crippen LogP contribution is 2.00. The van der Waals surface area contributed by atoms with E-state index in [1.54, 1.807) is 0 Å². The van der Waals surface area contributed by atoms with Crippen molar-refractivity contribution in [2.24, 2.45) is 27.9 Å². The number of carboxylic acids is 1. The standard InChI is InChI=1S/C17H32N8O8/c1-7(27)12(16(32)33)25-14(30)9(5-11(19)28)23-15(31)10(6-26)24-13(29)8(18)3-2-4-22-17(20)21/h7-10,12,26-27H,2-6,18H2,1H3,(H2,19,28)(H,23,31)(H,24,29)(H,25,30)(H,32,33)(H4,20,21,22). The molecular weight excluding hydrogens is 444 g/mol. The van der Waals surface area contributed by atoms with Crippen LogP contribution in [0.5, 0.6) is 0 Å². The van der Waals surface area contributed by atoms with E-state index in [-0.39, 0.29) is 18.9 Å². The number of guanidine groups is 1. The topological polar surface area (TPSA) is 299 Å². The molecule has 16 nitrogen and oxygen atoms in total. The summed E-state index contributed by atoms with van der Waals surface area (Å²) in [6, 6.07) is -5.98. The van der Waals surface area contributed by atoms with Gasteiger partial charge in [-0.05, 0) is 19.8 Å². The molecule has 188 valence electrons. The van der Waals surface area contributed by atoms with Crippen LogP contribution >= 0.6 is 0 Å². The number of carbonyl (C=O) groups excluding carboxylic acids is 4. The van der Waals surface area contributed by atoms with E-state index in [4.69, 9.17) is 28.0 Å². The van der Waals surface area contributed by atoms with Crippen molar-refractivity contribution in [1.29, 1.82) is 0 Å². The van der Waals surface area contributed by atoms with Gasteiger partial charge in [0.2, 0.25) is 23.6 Å². The molecule has 0 aromatic heterocycles. The smallest absolute Gasteiger partial charge is 0.328 e. The summed E-state index contributed by atoms with van der Waals surface area (Å²) < 4.78 is 0. The summed E-state index contributed by atoms with van der Waals surface area (Å²) in [5.74, 6) is -5.67. The van der Waals surface area contributed by atoms with E-state index in [0.717, 1.165) is 6.92 Å². The molecule has 0 saturated carbocycles. The Labute approximate surface area is 189 Å². The fraction of sp³-hybridized carbons (Fsp3) is 0.647. The fourth-order valence-corrected chi connectivity index (χ4v) is 2.45. The monoisotopic (exact) mass is 476 g/mol. The highest BCUT2D eigenvalue weighted by molar-refractivity contribution is 5.96. The van der Waals surface area contributed by atoms with Gasteiger partial charge in [-0.1, -0.05) is 0 Å². The Bertz CT molecular complexity index is 741. The van der Waals surface area contributed by atoms with Gasteiger partial charge in [0, 0.05) is 6.54 Å². The molecule has 0 aliphatic rings. The van der Waals surface area contributed by atoms with Crippen molar-refractivity contribution < 1.29 is 39.3 Å². The van der Waals surface area contributed by atoms with Crippen molar-refractivity contribution in [3.05, 3.63) is 0 Å². The number of aliphatic imine (C=N–C) groups is 1. The van der Waals surface area contributed by atoms with E-state index in [1.807, 2.05) is 5.32 Å². The average Bonchev–Trinajstić information content (AvgIpc) is 2.70. The van der Waals surface area contributed by atoms with Gasteiger partial charge in [0.1, 0.15) is 12.1 Å². The van der Waals surface area contributed by atoms with E-state index >= 15 is 0 Å². The Balaban J connectivity index is 5.14. The van der Waals surface area contributed by atoms with Crippen molar-refractivity contribution in [2.75, 3.05) is 13.2 Å². The summed E-state index contributed by atoms with van der Waals surface area (Å²) in [6.07, 6.45) is -1.70. The lowest BCUT2D eigenvalue weighted by atomic mass is 10.1. The molecule has 0 saturated heterocycles. The molecule has 5 atom stereocenters. The summed E-state index contributed by atoms with van der Waals surface area (Å²) in [7, 11) is 0. The maximum absolute atomic E-state index is 12.4. The van der Waals surface area contributed by atoms with Crippen LogP contribution in [0.1, 0.15) is 26.2 Å². The van der Waals surface area contributed by atoms with Gasteiger partial charge in [-0.25, -0.2) is 4.79 Å². The number of aliphatic hydroxyl groups excluding tert-OH is 2. The van der Waals surface area contributed by atoms with Gasteiger partial charge in [0.25, 0.3) is 0 Å². The number of hydrogen-bond donors (Lipinski definition) is 10. The largest absolute Gasteiger partial charge is 0.480 e. The predicted octanol–water partition coefficient (Wildman–Crippen LogP) is -5.85. The van der Waals surface area contributed by atoms with Crippen LogP contribution < -0.4 is 38.9 Å². The van der Waals surface area contributed by atoms with Gasteiger partial charge in [0.15, 0.2) is 12.0 Å². The molecule has 0 heterocycles. The number of carbonyl (C=O) groups is 5. The first-order chi connectivity index (χ1) is 15.3. The third-order valence-electron chi connectivity index (χ3n) is 4.20. The molecular formula is C17H32N8O8. The van der Waals surface area contributed by atoms with E-state index in [9.17, 15) is 34.2 Å². The first-order valence-electron chi connectivity index (χ1n) is 9.82. The number of aliphatic carboxylic acids is 1.